The average Bonchev–Trinajstić information content (AvgIpc) is 2.01. The van der Waals surface area contributed by atoms with Crippen LogP contribution in [0.25, 0.3) is 0 Å². The third kappa shape index (κ3) is 1.61. The summed E-state index contributed by atoms with van der Waals surface area (Å²) in [5, 5.41) is 8.79. The fourth-order valence-corrected chi connectivity index (χ4v) is 1.68. The van der Waals surface area contributed by atoms with Crippen molar-refractivity contribution in [2.75, 3.05) is 13.2 Å². The minimum Gasteiger partial charge on any atom is -0.478 e. The molecular weight excluding hydrogens is 168 g/mol. The van der Waals surface area contributed by atoms with E-state index < -0.39 is 5.97 Å². The zero-order valence-electron chi connectivity index (χ0n) is 8.17. The lowest BCUT2D eigenvalue weighted by atomic mass is 9.69. The highest BCUT2D eigenvalue weighted by Gasteiger charge is 2.44. The van der Waals surface area contributed by atoms with E-state index in [0.717, 1.165) is 6.42 Å². The molecule has 1 aliphatic rings. The Hall–Kier alpha value is -0.830. The zero-order chi connectivity index (χ0) is 10.1. The lowest BCUT2D eigenvalue weighted by molar-refractivity contribution is -0.146. The van der Waals surface area contributed by atoms with E-state index in [1.165, 1.54) is 0 Å². The van der Waals surface area contributed by atoms with Crippen molar-refractivity contribution in [3.63, 3.8) is 0 Å². The van der Waals surface area contributed by atoms with E-state index in [9.17, 15) is 4.79 Å². The van der Waals surface area contributed by atoms with Crippen LogP contribution in [0.15, 0.2) is 12.2 Å². The van der Waals surface area contributed by atoms with Gasteiger partial charge in [0.15, 0.2) is 0 Å². The fourth-order valence-electron chi connectivity index (χ4n) is 1.68. The van der Waals surface area contributed by atoms with E-state index in [0.29, 0.717) is 18.8 Å². The molecule has 3 nitrogen and oxygen atoms in total. The van der Waals surface area contributed by atoms with E-state index in [4.69, 9.17) is 9.84 Å². The van der Waals surface area contributed by atoms with Gasteiger partial charge in [-0.15, -0.1) is 0 Å². The molecule has 1 aliphatic heterocycles. The highest BCUT2D eigenvalue weighted by Crippen LogP contribution is 2.42. The van der Waals surface area contributed by atoms with Crippen LogP contribution in [0.4, 0.5) is 0 Å². The quantitative estimate of drug-likeness (QED) is 0.676. The normalized spacial score (nSPS) is 21.7. The minimum absolute atomic E-state index is 0.00347. The first-order valence-electron chi connectivity index (χ1n) is 4.53. The predicted molar refractivity (Wildman–Crippen MR) is 49.5 cm³/mol. The monoisotopic (exact) mass is 184 g/mol. The summed E-state index contributed by atoms with van der Waals surface area (Å²) in [6.45, 7) is 8.91. The molecule has 0 saturated carbocycles. The van der Waals surface area contributed by atoms with Crippen LogP contribution in [0, 0.1) is 11.3 Å². The van der Waals surface area contributed by atoms with Crippen LogP contribution in [0.2, 0.25) is 0 Å². The Morgan fingerprint density at radius 2 is 2.23 bits per heavy atom. The van der Waals surface area contributed by atoms with E-state index in [2.05, 4.69) is 13.5 Å². The molecule has 1 fully saturated rings. The smallest absolute Gasteiger partial charge is 0.331 e. The average molecular weight is 184 g/mol. The van der Waals surface area contributed by atoms with Gasteiger partial charge in [-0.25, -0.2) is 4.79 Å². The summed E-state index contributed by atoms with van der Waals surface area (Å²) < 4.78 is 5.15. The van der Waals surface area contributed by atoms with Gasteiger partial charge in [-0.3, -0.25) is 0 Å². The molecule has 3 heteroatoms. The fraction of sp³-hybridized carbons (Fsp3) is 0.700. The van der Waals surface area contributed by atoms with Gasteiger partial charge in [0.1, 0.15) is 0 Å². The second kappa shape index (κ2) is 3.50. The Kier molecular flexibility index (Phi) is 2.76. The number of aliphatic carboxylic acids is 1. The molecule has 1 rings (SSSR count). The van der Waals surface area contributed by atoms with Gasteiger partial charge < -0.3 is 9.84 Å². The summed E-state index contributed by atoms with van der Waals surface area (Å²) in [5.41, 5.74) is 0.320. The van der Waals surface area contributed by atoms with Crippen LogP contribution in [0.5, 0.6) is 0 Å². The van der Waals surface area contributed by atoms with Crippen molar-refractivity contribution in [2.24, 2.45) is 11.3 Å². The third-order valence-electron chi connectivity index (χ3n) is 3.20. The number of carboxylic acids is 1. The SMILES string of the molecule is C=C(C(=O)O)C(C)C1(CC)COC1. The molecule has 0 aliphatic carbocycles. The summed E-state index contributed by atoms with van der Waals surface area (Å²) in [7, 11) is 0. The predicted octanol–water partition coefficient (Wildman–Crippen LogP) is 1.69. The standard InChI is InChI=1S/C10H16O3/c1-4-10(5-13-6-10)8(3)7(2)9(11)12/h8H,2,4-6H2,1,3H3,(H,11,12). The molecular formula is C10H16O3. The second-order valence-electron chi connectivity index (χ2n) is 3.76. The van der Waals surface area contributed by atoms with Crippen molar-refractivity contribution in [1.29, 1.82) is 0 Å². The summed E-state index contributed by atoms with van der Waals surface area (Å²) >= 11 is 0. The van der Waals surface area contributed by atoms with Crippen LogP contribution < -0.4 is 0 Å². The maximum atomic E-state index is 10.7. The van der Waals surface area contributed by atoms with Crippen LogP contribution >= 0.6 is 0 Å². The molecule has 0 aromatic rings. The Balaban J connectivity index is 2.70. The number of rotatable bonds is 4. The highest BCUT2D eigenvalue weighted by molar-refractivity contribution is 5.86. The Bertz CT molecular complexity index is 223. The highest BCUT2D eigenvalue weighted by atomic mass is 16.5. The molecule has 1 saturated heterocycles. The van der Waals surface area contributed by atoms with E-state index >= 15 is 0 Å². The van der Waals surface area contributed by atoms with Crippen LogP contribution in [0.1, 0.15) is 20.3 Å². The molecule has 0 radical (unpaired) electrons. The van der Waals surface area contributed by atoms with Gasteiger partial charge in [-0.05, 0) is 12.3 Å². The molecule has 0 amide bonds. The minimum atomic E-state index is -0.896. The molecule has 1 unspecified atom stereocenters. The van der Waals surface area contributed by atoms with Crippen molar-refractivity contribution in [3.05, 3.63) is 12.2 Å². The van der Waals surface area contributed by atoms with Gasteiger partial charge >= 0.3 is 5.97 Å². The van der Waals surface area contributed by atoms with Crippen molar-refractivity contribution in [1.82, 2.24) is 0 Å². The molecule has 1 N–H and O–H groups in total. The van der Waals surface area contributed by atoms with Gasteiger partial charge in [0, 0.05) is 11.0 Å². The van der Waals surface area contributed by atoms with Crippen molar-refractivity contribution < 1.29 is 14.6 Å². The van der Waals surface area contributed by atoms with E-state index in [1.807, 2.05) is 6.92 Å². The second-order valence-corrected chi connectivity index (χ2v) is 3.76. The van der Waals surface area contributed by atoms with Gasteiger partial charge in [0.05, 0.1) is 13.2 Å². The number of carbonyl (C=O) groups is 1. The van der Waals surface area contributed by atoms with Crippen molar-refractivity contribution in [2.45, 2.75) is 20.3 Å². The third-order valence-corrected chi connectivity index (χ3v) is 3.20. The molecule has 0 aromatic carbocycles. The first kappa shape index (κ1) is 10.3. The molecule has 1 atom stereocenters. The zero-order valence-corrected chi connectivity index (χ0v) is 8.17. The van der Waals surface area contributed by atoms with Crippen LogP contribution in [-0.4, -0.2) is 24.3 Å². The lowest BCUT2D eigenvalue weighted by Crippen LogP contribution is -2.48. The molecule has 0 aromatic heterocycles. The topological polar surface area (TPSA) is 46.5 Å². The van der Waals surface area contributed by atoms with Gasteiger partial charge in [0.25, 0.3) is 0 Å². The number of hydrogen-bond acceptors (Lipinski definition) is 2. The van der Waals surface area contributed by atoms with E-state index in [1.54, 1.807) is 0 Å². The van der Waals surface area contributed by atoms with Gasteiger partial charge in [-0.2, -0.15) is 0 Å². The first-order valence-corrected chi connectivity index (χ1v) is 4.53. The number of carboxylic acid groups (broad SMARTS) is 1. The summed E-state index contributed by atoms with van der Waals surface area (Å²) in [5.74, 6) is -0.893. The van der Waals surface area contributed by atoms with Gasteiger partial charge in [0.2, 0.25) is 0 Å². The summed E-state index contributed by atoms with van der Waals surface area (Å²) in [6.07, 6.45) is 0.945. The maximum absolute atomic E-state index is 10.7. The lowest BCUT2D eigenvalue weighted by Gasteiger charge is -2.45. The van der Waals surface area contributed by atoms with Crippen LogP contribution in [0.3, 0.4) is 0 Å². The van der Waals surface area contributed by atoms with E-state index in [-0.39, 0.29) is 11.3 Å². The Morgan fingerprint density at radius 3 is 2.46 bits per heavy atom. The van der Waals surface area contributed by atoms with Gasteiger partial charge in [-0.1, -0.05) is 20.4 Å². The Labute approximate surface area is 78.4 Å². The van der Waals surface area contributed by atoms with Crippen molar-refractivity contribution >= 4 is 5.97 Å². The largest absolute Gasteiger partial charge is 0.478 e. The number of hydrogen-bond donors (Lipinski definition) is 1. The first-order chi connectivity index (χ1) is 6.03. The maximum Gasteiger partial charge on any atom is 0.331 e. The molecule has 1 heterocycles. The molecule has 0 spiro atoms. The molecule has 13 heavy (non-hydrogen) atoms. The van der Waals surface area contributed by atoms with Crippen molar-refractivity contribution in [3.8, 4) is 0 Å². The number of ether oxygens (including phenoxy) is 1. The Morgan fingerprint density at radius 1 is 1.69 bits per heavy atom. The van der Waals surface area contributed by atoms with Crippen LogP contribution in [-0.2, 0) is 9.53 Å². The molecule has 74 valence electrons. The summed E-state index contributed by atoms with van der Waals surface area (Å²) in [4.78, 5) is 10.7. The molecule has 0 bridgehead atoms. The summed E-state index contributed by atoms with van der Waals surface area (Å²) in [6, 6.07) is 0.